The average molecular weight is 418 g/mol. The number of carbonyl (C=O) groups is 2. The smallest absolute Gasteiger partial charge is 0.422 e. The lowest BCUT2D eigenvalue weighted by molar-refractivity contribution is -0.267. The Morgan fingerprint density at radius 1 is 1.38 bits per heavy atom. The minimum atomic E-state index is -5.03. The molecule has 2 aliphatic heterocycles. The molecule has 0 radical (unpaired) electrons. The summed E-state index contributed by atoms with van der Waals surface area (Å²) in [6.07, 6.45) is -5.13. The highest BCUT2D eigenvalue weighted by Crippen LogP contribution is 2.48. The van der Waals surface area contributed by atoms with Gasteiger partial charge in [0.1, 0.15) is 11.4 Å². The van der Waals surface area contributed by atoms with Crippen molar-refractivity contribution in [1.82, 2.24) is 15.1 Å². The summed E-state index contributed by atoms with van der Waals surface area (Å²) >= 11 is 0. The van der Waals surface area contributed by atoms with E-state index in [1.165, 1.54) is 4.90 Å². The number of hydrogen-bond acceptors (Lipinski definition) is 5. The van der Waals surface area contributed by atoms with Gasteiger partial charge in [-0.3, -0.25) is 9.89 Å². The minimum Gasteiger partial charge on any atom is -0.444 e. The van der Waals surface area contributed by atoms with E-state index >= 15 is 0 Å². The Balaban J connectivity index is 1.80. The molecule has 11 heteroatoms. The Bertz CT molecular complexity index is 802. The number of H-pyrrole nitrogens is 1. The van der Waals surface area contributed by atoms with Gasteiger partial charge in [-0.2, -0.15) is 18.3 Å². The molecule has 162 valence electrons. The average Bonchev–Trinajstić information content (AvgIpc) is 2.95. The second kappa shape index (κ2) is 7.19. The van der Waals surface area contributed by atoms with E-state index in [2.05, 4.69) is 15.5 Å². The van der Waals surface area contributed by atoms with Crippen LogP contribution in [0.15, 0.2) is 0 Å². The molecule has 2 aliphatic rings. The van der Waals surface area contributed by atoms with Gasteiger partial charge >= 0.3 is 12.3 Å². The van der Waals surface area contributed by atoms with Crippen LogP contribution in [0.5, 0.6) is 0 Å². The number of amides is 2. The number of anilines is 1. The standard InChI is InChI=1S/C18H25F3N4O4/c1-16(2,3)29-15(27)25-6-4-5-10(9-25)7-11-13-14(24-23-11)22-12(26)8-17(13,28)18(19,20)21/h10,28H,4-9H2,1-3H3,(H2,22,23,24,26)/t10-,17?/m1/s1. The summed E-state index contributed by atoms with van der Waals surface area (Å²) in [5.41, 5.74) is -4.35. The number of likely N-dealkylation sites (tertiary alicyclic amines) is 1. The van der Waals surface area contributed by atoms with Gasteiger partial charge in [0.2, 0.25) is 5.91 Å². The van der Waals surface area contributed by atoms with Crippen molar-refractivity contribution >= 4 is 17.8 Å². The van der Waals surface area contributed by atoms with E-state index in [0.717, 1.165) is 0 Å². The van der Waals surface area contributed by atoms with Crippen LogP contribution in [-0.2, 0) is 21.6 Å². The maximum Gasteiger partial charge on any atom is 0.422 e. The highest BCUT2D eigenvalue weighted by molar-refractivity contribution is 5.94. The number of piperidine rings is 1. The molecule has 0 bridgehead atoms. The molecule has 3 rings (SSSR count). The lowest BCUT2D eigenvalue weighted by Crippen LogP contribution is -2.48. The maximum absolute atomic E-state index is 13.6. The van der Waals surface area contributed by atoms with E-state index in [1.807, 2.05) is 0 Å². The molecule has 0 aliphatic carbocycles. The first kappa shape index (κ1) is 21.4. The number of alkyl halides is 3. The summed E-state index contributed by atoms with van der Waals surface area (Å²) < 4.78 is 46.2. The van der Waals surface area contributed by atoms with Crippen molar-refractivity contribution in [3.05, 3.63) is 11.3 Å². The number of rotatable bonds is 2. The molecule has 0 saturated carbocycles. The second-order valence-electron chi connectivity index (χ2n) is 8.64. The number of ether oxygens (including phenoxy) is 1. The van der Waals surface area contributed by atoms with Crippen LogP contribution in [0.3, 0.4) is 0 Å². The summed E-state index contributed by atoms with van der Waals surface area (Å²) in [4.78, 5) is 25.5. The van der Waals surface area contributed by atoms with Crippen molar-refractivity contribution in [2.24, 2.45) is 5.92 Å². The predicted octanol–water partition coefficient (Wildman–Crippen LogP) is 2.69. The molecule has 1 saturated heterocycles. The third kappa shape index (κ3) is 4.34. The van der Waals surface area contributed by atoms with Crippen LogP contribution >= 0.6 is 0 Å². The lowest BCUT2D eigenvalue weighted by Gasteiger charge is -2.36. The molecule has 1 fully saturated rings. The minimum absolute atomic E-state index is 0.0378. The van der Waals surface area contributed by atoms with Crippen LogP contribution in [-0.4, -0.2) is 57.1 Å². The largest absolute Gasteiger partial charge is 0.444 e. The first-order chi connectivity index (χ1) is 13.3. The summed E-state index contributed by atoms with van der Waals surface area (Å²) in [5.74, 6) is -1.34. The fourth-order valence-electron chi connectivity index (χ4n) is 3.81. The first-order valence-electron chi connectivity index (χ1n) is 9.45. The molecule has 0 spiro atoms. The zero-order chi connectivity index (χ0) is 21.6. The molecule has 8 nitrogen and oxygen atoms in total. The zero-order valence-corrected chi connectivity index (χ0v) is 16.5. The van der Waals surface area contributed by atoms with E-state index in [-0.39, 0.29) is 23.9 Å². The van der Waals surface area contributed by atoms with Crippen molar-refractivity contribution in [2.45, 2.75) is 63.8 Å². The fraction of sp³-hybridized carbons (Fsp3) is 0.722. The van der Waals surface area contributed by atoms with Crippen LogP contribution in [0.2, 0.25) is 0 Å². The predicted molar refractivity (Wildman–Crippen MR) is 96.0 cm³/mol. The Kier molecular flexibility index (Phi) is 5.31. The summed E-state index contributed by atoms with van der Waals surface area (Å²) in [7, 11) is 0. The Morgan fingerprint density at radius 2 is 2.07 bits per heavy atom. The molecule has 1 aromatic heterocycles. The normalized spacial score (nSPS) is 25.4. The summed E-state index contributed by atoms with van der Waals surface area (Å²) in [6.45, 7) is 6.10. The zero-order valence-electron chi connectivity index (χ0n) is 16.5. The third-order valence-corrected chi connectivity index (χ3v) is 5.06. The number of hydrogen-bond donors (Lipinski definition) is 3. The van der Waals surface area contributed by atoms with E-state index in [9.17, 15) is 27.9 Å². The fourth-order valence-corrected chi connectivity index (χ4v) is 3.81. The van der Waals surface area contributed by atoms with Crippen LogP contribution in [0.25, 0.3) is 0 Å². The van der Waals surface area contributed by atoms with Crippen molar-refractivity contribution < 1.29 is 32.6 Å². The van der Waals surface area contributed by atoms with E-state index in [1.54, 1.807) is 20.8 Å². The van der Waals surface area contributed by atoms with Gasteiger partial charge in [0, 0.05) is 13.1 Å². The number of halogens is 3. The van der Waals surface area contributed by atoms with E-state index < -0.39 is 41.4 Å². The Hall–Kier alpha value is -2.30. The third-order valence-electron chi connectivity index (χ3n) is 5.06. The molecule has 2 amide bonds. The quantitative estimate of drug-likeness (QED) is 0.685. The van der Waals surface area contributed by atoms with Crippen LogP contribution in [0, 0.1) is 5.92 Å². The Morgan fingerprint density at radius 3 is 2.69 bits per heavy atom. The van der Waals surface area contributed by atoms with E-state index in [4.69, 9.17) is 4.74 Å². The highest BCUT2D eigenvalue weighted by Gasteiger charge is 2.60. The van der Waals surface area contributed by atoms with Gasteiger partial charge in [-0.1, -0.05) is 0 Å². The second-order valence-corrected chi connectivity index (χ2v) is 8.64. The number of nitrogens with zero attached hydrogens (tertiary/aromatic N) is 2. The molecular weight excluding hydrogens is 393 g/mol. The topological polar surface area (TPSA) is 108 Å². The van der Waals surface area contributed by atoms with Crippen molar-refractivity contribution in [2.75, 3.05) is 18.4 Å². The summed E-state index contributed by atoms with van der Waals surface area (Å²) in [6, 6.07) is 0. The molecule has 3 N–H and O–H groups in total. The van der Waals surface area contributed by atoms with Gasteiger partial charge < -0.3 is 20.1 Å². The molecule has 1 aromatic rings. The molecular formula is C18H25F3N4O4. The van der Waals surface area contributed by atoms with Gasteiger partial charge in [-0.05, 0) is 46.0 Å². The molecule has 2 atom stereocenters. The van der Waals surface area contributed by atoms with E-state index in [0.29, 0.717) is 25.9 Å². The monoisotopic (exact) mass is 418 g/mol. The van der Waals surface area contributed by atoms with Crippen molar-refractivity contribution in [3.63, 3.8) is 0 Å². The number of fused-ring (bicyclic) bond motifs is 1. The highest BCUT2D eigenvalue weighted by atomic mass is 19.4. The van der Waals surface area contributed by atoms with Crippen LogP contribution in [0.1, 0.15) is 51.3 Å². The number of carbonyl (C=O) groups excluding carboxylic acids is 2. The Labute approximate surface area is 165 Å². The van der Waals surface area contributed by atoms with Gasteiger partial charge in [-0.15, -0.1) is 0 Å². The SMILES string of the molecule is CC(C)(C)OC(=O)N1CCC[C@H](Cc2n[nH]c3c2C(O)(C(F)(F)F)CC(=O)N3)C1. The van der Waals surface area contributed by atoms with Gasteiger partial charge in [0.05, 0.1) is 17.7 Å². The van der Waals surface area contributed by atoms with Gasteiger partial charge in [0.25, 0.3) is 0 Å². The molecule has 29 heavy (non-hydrogen) atoms. The number of aliphatic hydroxyl groups is 1. The van der Waals surface area contributed by atoms with Crippen molar-refractivity contribution in [3.8, 4) is 0 Å². The molecule has 1 unspecified atom stereocenters. The van der Waals surface area contributed by atoms with Gasteiger partial charge in [0.15, 0.2) is 5.60 Å². The number of nitrogens with one attached hydrogen (secondary N) is 2. The van der Waals surface area contributed by atoms with Gasteiger partial charge in [-0.25, -0.2) is 4.79 Å². The lowest BCUT2D eigenvalue weighted by atomic mass is 9.83. The van der Waals surface area contributed by atoms with Crippen LogP contribution < -0.4 is 5.32 Å². The first-order valence-corrected chi connectivity index (χ1v) is 9.45. The molecule has 3 heterocycles. The summed E-state index contributed by atoms with van der Waals surface area (Å²) in [5, 5.41) is 19.0. The van der Waals surface area contributed by atoms with Crippen molar-refractivity contribution in [1.29, 1.82) is 0 Å². The maximum atomic E-state index is 13.6. The number of aromatic nitrogens is 2. The van der Waals surface area contributed by atoms with Crippen LogP contribution in [0.4, 0.5) is 23.8 Å². The number of aromatic amines is 1. The molecule has 0 aromatic carbocycles.